The number of hydrogen-bond acceptors (Lipinski definition) is 4. The van der Waals surface area contributed by atoms with E-state index in [1.54, 1.807) is 6.92 Å². The molecule has 1 atom stereocenters. The van der Waals surface area contributed by atoms with Crippen LogP contribution in [0.4, 0.5) is 0 Å². The lowest BCUT2D eigenvalue weighted by molar-refractivity contribution is -0.114. The lowest BCUT2D eigenvalue weighted by Gasteiger charge is -2.27. The van der Waals surface area contributed by atoms with Crippen LogP contribution in [-0.4, -0.2) is 5.78 Å². The van der Waals surface area contributed by atoms with Crippen LogP contribution in [0.5, 0.6) is 0 Å². The second-order valence-electron chi connectivity index (χ2n) is 5.52. The summed E-state index contributed by atoms with van der Waals surface area (Å²) < 4.78 is 5.42. The molecule has 0 aliphatic carbocycles. The Morgan fingerprint density at radius 2 is 1.91 bits per heavy atom. The quantitative estimate of drug-likeness (QED) is 0.921. The van der Waals surface area contributed by atoms with Crippen LogP contribution in [0.3, 0.4) is 0 Å². The van der Waals surface area contributed by atoms with E-state index in [-0.39, 0.29) is 17.2 Å². The summed E-state index contributed by atoms with van der Waals surface area (Å²) in [4.78, 5) is 12.2. The van der Waals surface area contributed by atoms with Crippen LogP contribution in [0.25, 0.3) is 10.8 Å². The molecule has 2 N–H and O–H groups in total. The molecule has 0 bridgehead atoms. The summed E-state index contributed by atoms with van der Waals surface area (Å²) in [6.07, 6.45) is 0. The largest absolute Gasteiger partial charge is 0.445 e. The van der Waals surface area contributed by atoms with Crippen LogP contribution in [0.15, 0.2) is 65.3 Å². The van der Waals surface area contributed by atoms with Crippen molar-refractivity contribution in [2.45, 2.75) is 19.8 Å². The van der Waals surface area contributed by atoms with Crippen molar-refractivity contribution < 1.29 is 9.53 Å². The monoisotopic (exact) mass is 304 g/mol. The van der Waals surface area contributed by atoms with Crippen molar-refractivity contribution in [2.24, 2.45) is 5.73 Å². The van der Waals surface area contributed by atoms with Gasteiger partial charge < -0.3 is 10.5 Å². The van der Waals surface area contributed by atoms with Crippen molar-refractivity contribution >= 4 is 16.6 Å². The highest BCUT2D eigenvalue weighted by atomic mass is 16.5. The number of hydrogen-bond donors (Lipinski definition) is 1. The molecule has 1 heterocycles. The summed E-state index contributed by atoms with van der Waals surface area (Å²) in [5.74, 6) is -0.113. The highest BCUT2D eigenvalue weighted by Crippen LogP contribution is 2.41. The molecule has 0 radical (unpaired) electrons. The zero-order valence-corrected chi connectivity index (χ0v) is 13.0. The number of nitriles is 1. The Hall–Kier alpha value is -3.06. The van der Waals surface area contributed by atoms with Crippen molar-refractivity contribution in [3.63, 3.8) is 0 Å². The van der Waals surface area contributed by atoms with Crippen molar-refractivity contribution in [1.29, 1.82) is 5.26 Å². The van der Waals surface area contributed by atoms with Gasteiger partial charge in [-0.2, -0.15) is 5.26 Å². The third-order valence-electron chi connectivity index (χ3n) is 4.12. The molecule has 0 aromatic heterocycles. The molecule has 23 heavy (non-hydrogen) atoms. The average Bonchev–Trinajstić information content (AvgIpc) is 2.53. The fraction of sp³-hybridized carbons (Fsp3) is 0.158. The smallest absolute Gasteiger partial charge is 0.205 e. The van der Waals surface area contributed by atoms with Crippen molar-refractivity contribution in [1.82, 2.24) is 0 Å². The van der Waals surface area contributed by atoms with Crippen LogP contribution in [0.1, 0.15) is 25.3 Å². The molecule has 0 saturated carbocycles. The van der Waals surface area contributed by atoms with Gasteiger partial charge in [0.2, 0.25) is 5.88 Å². The Bertz CT molecular complexity index is 911. The maximum absolute atomic E-state index is 12.2. The summed E-state index contributed by atoms with van der Waals surface area (Å²) in [6.45, 7) is 3.19. The lowest BCUT2D eigenvalue weighted by Crippen LogP contribution is -2.23. The first-order valence-electron chi connectivity index (χ1n) is 7.31. The molecular weight excluding hydrogens is 288 g/mol. The van der Waals surface area contributed by atoms with E-state index in [0.29, 0.717) is 11.3 Å². The molecule has 2 aromatic rings. The van der Waals surface area contributed by atoms with E-state index in [2.05, 4.69) is 6.07 Å². The standard InChI is InChI=1S/C19H16N2O2/c1-11(22)17-12(2)23-19(21)16(10-20)18(17)15-9-5-7-13-6-3-4-8-14(13)15/h3-9,18H,21H2,1-2H3/t18-/m1/s1. The number of rotatable bonds is 2. The van der Waals surface area contributed by atoms with Crippen LogP contribution < -0.4 is 5.73 Å². The van der Waals surface area contributed by atoms with E-state index in [1.165, 1.54) is 6.92 Å². The Balaban J connectivity index is 2.34. The van der Waals surface area contributed by atoms with Crippen LogP contribution in [-0.2, 0) is 9.53 Å². The molecule has 0 spiro atoms. The highest BCUT2D eigenvalue weighted by Gasteiger charge is 2.34. The first-order valence-corrected chi connectivity index (χ1v) is 7.31. The Morgan fingerprint density at radius 3 is 2.61 bits per heavy atom. The van der Waals surface area contributed by atoms with E-state index in [9.17, 15) is 10.1 Å². The second-order valence-corrected chi connectivity index (χ2v) is 5.52. The fourth-order valence-corrected chi connectivity index (χ4v) is 3.15. The lowest BCUT2D eigenvalue weighted by atomic mass is 9.79. The number of allylic oxidation sites excluding steroid dienone is 3. The van der Waals surface area contributed by atoms with Crippen LogP contribution >= 0.6 is 0 Å². The van der Waals surface area contributed by atoms with E-state index >= 15 is 0 Å². The first-order chi connectivity index (χ1) is 11.0. The second kappa shape index (κ2) is 5.62. The van der Waals surface area contributed by atoms with Gasteiger partial charge in [-0.15, -0.1) is 0 Å². The summed E-state index contributed by atoms with van der Waals surface area (Å²) in [5, 5.41) is 11.6. The van der Waals surface area contributed by atoms with Crippen LogP contribution in [0, 0.1) is 11.3 Å². The summed E-state index contributed by atoms with van der Waals surface area (Å²) >= 11 is 0. The number of carbonyl (C=O) groups is 1. The number of carbonyl (C=O) groups excluding carboxylic acids is 1. The van der Waals surface area contributed by atoms with Gasteiger partial charge in [-0.25, -0.2) is 0 Å². The van der Waals surface area contributed by atoms with Gasteiger partial charge in [0.1, 0.15) is 17.4 Å². The van der Waals surface area contributed by atoms with Gasteiger partial charge >= 0.3 is 0 Å². The van der Waals surface area contributed by atoms with Crippen LogP contribution in [0.2, 0.25) is 0 Å². The van der Waals surface area contributed by atoms with Gasteiger partial charge in [0, 0.05) is 5.57 Å². The number of Topliss-reactive ketones (excluding diaryl/α,β-unsaturated/α-hetero) is 1. The minimum atomic E-state index is -0.502. The Morgan fingerprint density at radius 1 is 1.22 bits per heavy atom. The zero-order chi connectivity index (χ0) is 16.6. The summed E-state index contributed by atoms with van der Waals surface area (Å²) in [7, 11) is 0. The van der Waals surface area contributed by atoms with Gasteiger partial charge in [-0.1, -0.05) is 42.5 Å². The minimum absolute atomic E-state index is 0.0629. The summed E-state index contributed by atoms with van der Waals surface area (Å²) in [6, 6.07) is 15.9. The Labute approximate surface area is 134 Å². The van der Waals surface area contributed by atoms with Crippen molar-refractivity contribution in [3.8, 4) is 6.07 Å². The molecular formula is C19H16N2O2. The zero-order valence-electron chi connectivity index (χ0n) is 13.0. The summed E-state index contributed by atoms with van der Waals surface area (Å²) in [5.41, 5.74) is 7.54. The SMILES string of the molecule is CC(=O)C1=C(C)OC(N)=C(C#N)[C@H]1c1cccc2ccccc12. The van der Waals surface area contributed by atoms with Gasteiger partial charge in [-0.05, 0) is 30.2 Å². The number of benzene rings is 2. The third kappa shape index (κ3) is 2.36. The number of fused-ring (bicyclic) bond motifs is 1. The fourth-order valence-electron chi connectivity index (χ4n) is 3.15. The molecule has 4 heteroatoms. The molecule has 0 unspecified atom stereocenters. The predicted octanol–water partition coefficient (Wildman–Crippen LogP) is 3.51. The van der Waals surface area contributed by atoms with Gasteiger partial charge in [0.25, 0.3) is 0 Å². The molecule has 0 amide bonds. The van der Waals surface area contributed by atoms with Crippen molar-refractivity contribution in [2.75, 3.05) is 0 Å². The van der Waals surface area contributed by atoms with Crippen molar-refractivity contribution in [3.05, 3.63) is 70.8 Å². The third-order valence-corrected chi connectivity index (χ3v) is 4.12. The molecule has 1 aliphatic rings. The van der Waals surface area contributed by atoms with E-state index in [4.69, 9.17) is 10.5 Å². The van der Waals surface area contributed by atoms with E-state index in [1.807, 2.05) is 42.5 Å². The van der Waals surface area contributed by atoms with E-state index in [0.717, 1.165) is 16.3 Å². The number of nitrogens with two attached hydrogens (primary N) is 1. The molecule has 3 rings (SSSR count). The minimum Gasteiger partial charge on any atom is -0.445 e. The van der Waals surface area contributed by atoms with Gasteiger partial charge in [0.15, 0.2) is 5.78 Å². The maximum atomic E-state index is 12.2. The highest BCUT2D eigenvalue weighted by molar-refractivity contribution is 5.98. The number of ether oxygens (including phenoxy) is 1. The molecule has 2 aromatic carbocycles. The average molecular weight is 304 g/mol. The Kier molecular flexibility index (Phi) is 3.63. The molecule has 1 aliphatic heterocycles. The first kappa shape index (κ1) is 14.9. The van der Waals surface area contributed by atoms with Gasteiger partial charge in [-0.3, -0.25) is 4.79 Å². The predicted molar refractivity (Wildman–Crippen MR) is 88.0 cm³/mol. The molecule has 0 fully saturated rings. The number of ketones is 1. The molecule has 4 nitrogen and oxygen atoms in total. The maximum Gasteiger partial charge on any atom is 0.205 e. The molecule has 0 saturated heterocycles. The number of nitrogens with zero attached hydrogens (tertiary/aromatic N) is 1. The topological polar surface area (TPSA) is 76.1 Å². The molecule has 114 valence electrons. The van der Waals surface area contributed by atoms with Gasteiger partial charge in [0.05, 0.1) is 5.92 Å². The normalized spacial score (nSPS) is 17.9. The van der Waals surface area contributed by atoms with E-state index < -0.39 is 5.92 Å².